The molecule has 2 aromatic heterocycles. The van der Waals surface area contributed by atoms with Gasteiger partial charge in [0.2, 0.25) is 0 Å². The summed E-state index contributed by atoms with van der Waals surface area (Å²) in [7, 11) is 0. The van der Waals surface area contributed by atoms with E-state index in [9.17, 15) is 9.59 Å². The zero-order chi connectivity index (χ0) is 20.4. The highest BCUT2D eigenvalue weighted by Gasteiger charge is 2.20. The Kier molecular flexibility index (Phi) is 4.95. The number of rotatable bonds is 5. The highest BCUT2D eigenvalue weighted by molar-refractivity contribution is 6.10. The Bertz CT molecular complexity index is 1200. The number of hydrogen-bond donors (Lipinski definition) is 1. The molecule has 1 atom stereocenters. The minimum absolute atomic E-state index is 0.0564. The molecular formula is C22H20N4O3. The summed E-state index contributed by atoms with van der Waals surface area (Å²) in [5.74, 6) is -1.11. The second kappa shape index (κ2) is 7.71. The Balaban J connectivity index is 1.55. The zero-order valence-electron chi connectivity index (χ0n) is 16.1. The first-order chi connectivity index (χ1) is 14.1. The number of hydrogen-bond acceptors (Lipinski definition) is 5. The third-order valence-electron chi connectivity index (χ3n) is 4.78. The maximum absolute atomic E-state index is 12.5. The Hall–Kier alpha value is -3.74. The first kappa shape index (κ1) is 18.6. The number of para-hydroxylation sites is 1. The lowest BCUT2D eigenvalue weighted by atomic mass is 10.1. The molecule has 2 aromatic carbocycles. The summed E-state index contributed by atoms with van der Waals surface area (Å²) in [6, 6.07) is 14.0. The van der Waals surface area contributed by atoms with Crippen molar-refractivity contribution in [2.24, 2.45) is 0 Å². The number of esters is 1. The number of aryl methyl sites for hydroxylation is 1. The van der Waals surface area contributed by atoms with Gasteiger partial charge in [-0.3, -0.25) is 9.78 Å². The number of nitrogens with one attached hydrogen (secondary N) is 1. The third-order valence-corrected chi connectivity index (χ3v) is 4.78. The maximum Gasteiger partial charge on any atom is 0.359 e. The van der Waals surface area contributed by atoms with E-state index in [2.05, 4.69) is 38.9 Å². The molecule has 0 saturated carbocycles. The zero-order valence-corrected chi connectivity index (χ0v) is 16.1. The van der Waals surface area contributed by atoms with Gasteiger partial charge in [-0.15, -0.1) is 0 Å². The summed E-state index contributed by atoms with van der Waals surface area (Å²) in [6.07, 6.45) is 3.17. The molecule has 0 saturated heterocycles. The van der Waals surface area contributed by atoms with Gasteiger partial charge in [-0.05, 0) is 38.1 Å². The molecule has 0 spiro atoms. The van der Waals surface area contributed by atoms with Gasteiger partial charge in [0, 0.05) is 46.4 Å². The van der Waals surface area contributed by atoms with Crippen molar-refractivity contribution in [1.82, 2.24) is 14.5 Å². The molecule has 0 radical (unpaired) electrons. The van der Waals surface area contributed by atoms with Gasteiger partial charge in [0.25, 0.3) is 5.91 Å². The smallest absolute Gasteiger partial charge is 0.359 e. The number of amides is 1. The van der Waals surface area contributed by atoms with Crippen molar-refractivity contribution in [3.8, 4) is 0 Å². The highest BCUT2D eigenvalue weighted by atomic mass is 16.5. The molecule has 7 nitrogen and oxygen atoms in total. The Morgan fingerprint density at radius 2 is 1.90 bits per heavy atom. The van der Waals surface area contributed by atoms with Gasteiger partial charge in [0.1, 0.15) is 0 Å². The predicted molar refractivity (Wildman–Crippen MR) is 111 cm³/mol. The normalized spacial score (nSPS) is 12.1. The van der Waals surface area contributed by atoms with Crippen LogP contribution in [0.15, 0.2) is 61.1 Å². The SMILES string of the molecule is CCn1c2ccccc2c2cc(NC(=O)[C@@H](C)OC(=O)c3cnccn3)ccc21. The van der Waals surface area contributed by atoms with E-state index in [-0.39, 0.29) is 5.69 Å². The Morgan fingerprint density at radius 3 is 2.66 bits per heavy atom. The van der Waals surface area contributed by atoms with Crippen LogP contribution in [0.5, 0.6) is 0 Å². The van der Waals surface area contributed by atoms with E-state index < -0.39 is 18.0 Å². The van der Waals surface area contributed by atoms with E-state index in [0.29, 0.717) is 5.69 Å². The lowest BCUT2D eigenvalue weighted by Gasteiger charge is -2.13. The average molecular weight is 388 g/mol. The van der Waals surface area contributed by atoms with Crippen molar-refractivity contribution in [1.29, 1.82) is 0 Å². The van der Waals surface area contributed by atoms with Crippen LogP contribution in [0.4, 0.5) is 5.69 Å². The molecule has 7 heteroatoms. The summed E-state index contributed by atoms with van der Waals surface area (Å²) in [6.45, 7) is 4.48. The molecule has 0 fully saturated rings. The van der Waals surface area contributed by atoms with Gasteiger partial charge < -0.3 is 14.6 Å². The molecule has 1 amide bonds. The molecule has 0 unspecified atom stereocenters. The second-order valence-electron chi connectivity index (χ2n) is 6.62. The summed E-state index contributed by atoms with van der Waals surface area (Å²) >= 11 is 0. The van der Waals surface area contributed by atoms with Gasteiger partial charge in [0.15, 0.2) is 11.8 Å². The van der Waals surface area contributed by atoms with Crippen LogP contribution >= 0.6 is 0 Å². The predicted octanol–water partition coefficient (Wildman–Crippen LogP) is 3.79. The van der Waals surface area contributed by atoms with Crippen molar-refractivity contribution >= 4 is 39.4 Å². The Labute approximate surface area is 167 Å². The van der Waals surface area contributed by atoms with Crippen LogP contribution in [0, 0.1) is 0 Å². The largest absolute Gasteiger partial charge is 0.448 e. The van der Waals surface area contributed by atoms with Gasteiger partial charge in [-0.2, -0.15) is 0 Å². The number of aromatic nitrogens is 3. The van der Waals surface area contributed by atoms with Crippen molar-refractivity contribution in [3.63, 3.8) is 0 Å². The number of carbonyl (C=O) groups excluding carboxylic acids is 2. The monoisotopic (exact) mass is 388 g/mol. The molecular weight excluding hydrogens is 368 g/mol. The van der Waals surface area contributed by atoms with E-state index in [0.717, 1.165) is 28.4 Å². The molecule has 0 bridgehead atoms. The molecule has 4 aromatic rings. The van der Waals surface area contributed by atoms with Crippen molar-refractivity contribution in [2.45, 2.75) is 26.5 Å². The van der Waals surface area contributed by atoms with E-state index >= 15 is 0 Å². The topological polar surface area (TPSA) is 86.1 Å². The van der Waals surface area contributed by atoms with E-state index in [4.69, 9.17) is 4.74 Å². The first-order valence-corrected chi connectivity index (χ1v) is 9.37. The quantitative estimate of drug-likeness (QED) is 0.526. The number of anilines is 1. The van der Waals surface area contributed by atoms with Crippen LogP contribution < -0.4 is 5.32 Å². The fourth-order valence-corrected chi connectivity index (χ4v) is 3.39. The fraction of sp³-hybridized carbons (Fsp3) is 0.182. The number of carbonyl (C=O) groups is 2. The van der Waals surface area contributed by atoms with Crippen molar-refractivity contribution in [2.75, 3.05) is 5.32 Å². The minimum atomic E-state index is -0.975. The molecule has 4 rings (SSSR count). The Morgan fingerprint density at radius 1 is 1.10 bits per heavy atom. The fourth-order valence-electron chi connectivity index (χ4n) is 3.39. The second-order valence-corrected chi connectivity index (χ2v) is 6.62. The number of fused-ring (bicyclic) bond motifs is 3. The third kappa shape index (κ3) is 3.54. The van der Waals surface area contributed by atoms with Crippen molar-refractivity contribution in [3.05, 3.63) is 66.7 Å². The summed E-state index contributed by atoms with van der Waals surface area (Å²) in [5.41, 5.74) is 2.96. The van der Waals surface area contributed by atoms with Gasteiger partial charge in [-0.25, -0.2) is 9.78 Å². The van der Waals surface area contributed by atoms with Crippen LogP contribution in [0.25, 0.3) is 21.8 Å². The van der Waals surface area contributed by atoms with Crippen molar-refractivity contribution < 1.29 is 14.3 Å². The lowest BCUT2D eigenvalue weighted by molar-refractivity contribution is -0.123. The summed E-state index contributed by atoms with van der Waals surface area (Å²) in [5, 5.41) is 5.01. The average Bonchev–Trinajstić information content (AvgIpc) is 3.07. The lowest BCUT2D eigenvalue weighted by Crippen LogP contribution is -2.30. The summed E-state index contributed by atoms with van der Waals surface area (Å²) < 4.78 is 7.43. The van der Waals surface area contributed by atoms with E-state index in [1.807, 2.05) is 30.3 Å². The van der Waals surface area contributed by atoms with Gasteiger partial charge >= 0.3 is 5.97 Å². The molecule has 1 N–H and O–H groups in total. The molecule has 2 heterocycles. The highest BCUT2D eigenvalue weighted by Crippen LogP contribution is 2.31. The number of ether oxygens (including phenoxy) is 1. The van der Waals surface area contributed by atoms with Crippen LogP contribution in [-0.4, -0.2) is 32.5 Å². The molecule has 0 aliphatic rings. The first-order valence-electron chi connectivity index (χ1n) is 9.37. The van der Waals surface area contributed by atoms with Gasteiger partial charge in [-0.1, -0.05) is 18.2 Å². The van der Waals surface area contributed by atoms with Crippen LogP contribution in [0.2, 0.25) is 0 Å². The van der Waals surface area contributed by atoms with E-state index in [1.165, 1.54) is 25.5 Å². The summed E-state index contributed by atoms with van der Waals surface area (Å²) in [4.78, 5) is 32.3. The van der Waals surface area contributed by atoms with Crippen LogP contribution in [0.1, 0.15) is 24.3 Å². The van der Waals surface area contributed by atoms with Crippen LogP contribution in [0.3, 0.4) is 0 Å². The maximum atomic E-state index is 12.5. The number of benzene rings is 2. The molecule has 29 heavy (non-hydrogen) atoms. The molecule has 0 aliphatic carbocycles. The van der Waals surface area contributed by atoms with E-state index in [1.54, 1.807) is 0 Å². The van der Waals surface area contributed by atoms with Gasteiger partial charge in [0.05, 0.1) is 6.20 Å². The minimum Gasteiger partial charge on any atom is -0.448 e. The molecule has 0 aliphatic heterocycles. The molecule has 146 valence electrons. The number of nitrogens with zero attached hydrogens (tertiary/aromatic N) is 3. The van der Waals surface area contributed by atoms with Crippen LogP contribution in [-0.2, 0) is 16.1 Å². The standard InChI is InChI=1S/C22H20N4O3/c1-3-26-19-7-5-4-6-16(19)17-12-15(8-9-20(17)26)25-21(27)14(2)29-22(28)18-13-23-10-11-24-18/h4-14H,3H2,1-2H3,(H,25,27)/t14-/m1/s1.